The van der Waals surface area contributed by atoms with Gasteiger partial charge in [-0.1, -0.05) is 68.4 Å². The molecule has 2 aromatic carbocycles. The number of nitrogens with one attached hydrogen (secondary N) is 3. The van der Waals surface area contributed by atoms with E-state index in [9.17, 15) is 4.79 Å². The third-order valence-electron chi connectivity index (χ3n) is 3.65. The van der Waals surface area contributed by atoms with Crippen molar-refractivity contribution in [1.29, 1.82) is 0 Å². The Bertz CT molecular complexity index is 906. The van der Waals surface area contributed by atoms with Crippen LogP contribution in [0.1, 0.15) is 21.5 Å². The summed E-state index contributed by atoms with van der Waals surface area (Å²) in [5.74, 6) is -0.393. The SMILES string of the molecule is Cc1cccc(C(=O)N[C@@H](NC(=S)Nc2cc(C)c(Br)cc2Br)C(Cl)(Cl)Cl)c1. The fraction of sp³-hybridized carbons (Fsp3) is 0.222. The van der Waals surface area contributed by atoms with Gasteiger partial charge in [0, 0.05) is 14.5 Å². The van der Waals surface area contributed by atoms with E-state index in [1.165, 1.54) is 0 Å². The van der Waals surface area contributed by atoms with Crippen LogP contribution in [-0.2, 0) is 0 Å². The third-order valence-corrected chi connectivity index (χ3v) is 6.04. The second-order valence-corrected chi connectivity index (χ2v) is 10.5. The van der Waals surface area contributed by atoms with Gasteiger partial charge in [-0.15, -0.1) is 0 Å². The summed E-state index contributed by atoms with van der Waals surface area (Å²) in [7, 11) is 0. The molecule has 1 amide bonds. The molecule has 28 heavy (non-hydrogen) atoms. The molecule has 2 aromatic rings. The van der Waals surface area contributed by atoms with Crippen molar-refractivity contribution in [2.75, 3.05) is 5.32 Å². The Morgan fingerprint density at radius 1 is 1.07 bits per heavy atom. The summed E-state index contributed by atoms with van der Waals surface area (Å²) in [5, 5.41) is 8.71. The highest BCUT2D eigenvalue weighted by molar-refractivity contribution is 9.11. The fourth-order valence-electron chi connectivity index (χ4n) is 2.24. The van der Waals surface area contributed by atoms with Crippen molar-refractivity contribution in [2.45, 2.75) is 23.8 Å². The molecule has 0 aromatic heterocycles. The molecule has 4 nitrogen and oxygen atoms in total. The summed E-state index contributed by atoms with van der Waals surface area (Å²) < 4.78 is -0.0882. The molecular weight excluding hydrogens is 572 g/mol. The first-order chi connectivity index (χ1) is 13.0. The van der Waals surface area contributed by atoms with Gasteiger partial charge in [-0.25, -0.2) is 0 Å². The number of thiocarbonyl (C=S) groups is 1. The molecule has 150 valence electrons. The van der Waals surface area contributed by atoms with Crippen LogP contribution in [0, 0.1) is 13.8 Å². The lowest BCUT2D eigenvalue weighted by molar-refractivity contribution is 0.0934. The number of carbonyl (C=O) groups excluding carboxylic acids is 1. The van der Waals surface area contributed by atoms with Gasteiger partial charge in [0.25, 0.3) is 5.91 Å². The molecule has 0 aliphatic carbocycles. The molecule has 0 unspecified atom stereocenters. The van der Waals surface area contributed by atoms with Crippen LogP contribution in [0.15, 0.2) is 45.3 Å². The number of hydrogen-bond acceptors (Lipinski definition) is 2. The molecule has 1 atom stereocenters. The molecule has 0 radical (unpaired) electrons. The average molecular weight is 589 g/mol. The van der Waals surface area contributed by atoms with E-state index in [2.05, 4.69) is 47.8 Å². The van der Waals surface area contributed by atoms with Crippen LogP contribution in [0.3, 0.4) is 0 Å². The summed E-state index contributed by atoms with van der Waals surface area (Å²) in [5.41, 5.74) is 3.13. The second kappa shape index (κ2) is 9.96. The van der Waals surface area contributed by atoms with E-state index in [0.29, 0.717) is 5.56 Å². The number of amides is 1. The summed E-state index contributed by atoms with van der Waals surface area (Å²) >= 11 is 30.4. The van der Waals surface area contributed by atoms with Crippen molar-refractivity contribution in [3.63, 3.8) is 0 Å². The molecule has 3 N–H and O–H groups in total. The molecule has 0 saturated carbocycles. The Labute approximate surface area is 200 Å². The highest BCUT2D eigenvalue weighted by Gasteiger charge is 2.35. The first kappa shape index (κ1) is 23.7. The van der Waals surface area contributed by atoms with E-state index in [1.807, 2.05) is 32.0 Å². The largest absolute Gasteiger partial charge is 0.339 e. The fourth-order valence-corrected chi connectivity index (χ4v) is 3.89. The maximum atomic E-state index is 12.5. The molecule has 0 spiro atoms. The lowest BCUT2D eigenvalue weighted by Crippen LogP contribution is -2.56. The molecule has 0 aliphatic heterocycles. The van der Waals surface area contributed by atoms with Gasteiger partial charge in [0.1, 0.15) is 6.17 Å². The number of benzene rings is 2. The number of carbonyl (C=O) groups is 1. The standard InChI is InChI=1S/C18H16Br2Cl3N3OS/c1-9-4-3-5-11(6-9)15(27)25-16(18(21,22)23)26-17(28)24-14-7-10(2)12(19)8-13(14)20/h3-8,16H,1-2H3,(H,25,27)(H2,24,26,28)/t16-/m0/s1. The summed E-state index contributed by atoms with van der Waals surface area (Å²) in [6.07, 6.45) is -1.05. The number of alkyl halides is 3. The van der Waals surface area contributed by atoms with E-state index in [0.717, 1.165) is 25.8 Å². The number of hydrogen-bond donors (Lipinski definition) is 3. The Balaban J connectivity index is 2.13. The molecule has 2 rings (SSSR count). The molecule has 0 fully saturated rings. The topological polar surface area (TPSA) is 53.2 Å². The zero-order chi connectivity index (χ0) is 21.1. The average Bonchev–Trinajstić information content (AvgIpc) is 2.58. The minimum atomic E-state index is -1.84. The summed E-state index contributed by atoms with van der Waals surface area (Å²) in [6.45, 7) is 3.84. The first-order valence-corrected chi connectivity index (χ1v) is 11.1. The van der Waals surface area contributed by atoms with Crippen LogP contribution in [0.2, 0.25) is 0 Å². The van der Waals surface area contributed by atoms with E-state index < -0.39 is 15.9 Å². The van der Waals surface area contributed by atoms with Crippen LogP contribution in [-0.4, -0.2) is 21.0 Å². The van der Waals surface area contributed by atoms with Gasteiger partial charge >= 0.3 is 0 Å². The lowest BCUT2D eigenvalue weighted by Gasteiger charge is -2.28. The smallest absolute Gasteiger partial charge is 0.252 e. The first-order valence-electron chi connectivity index (χ1n) is 7.95. The Morgan fingerprint density at radius 2 is 1.75 bits per heavy atom. The van der Waals surface area contributed by atoms with Crippen molar-refractivity contribution < 1.29 is 4.79 Å². The number of rotatable bonds is 4. The zero-order valence-corrected chi connectivity index (χ0v) is 21.0. The van der Waals surface area contributed by atoms with Crippen LogP contribution in [0.5, 0.6) is 0 Å². The third kappa shape index (κ3) is 6.75. The van der Waals surface area contributed by atoms with E-state index in [1.54, 1.807) is 18.2 Å². The monoisotopic (exact) mass is 585 g/mol. The van der Waals surface area contributed by atoms with Gasteiger partial charge in [0.2, 0.25) is 3.79 Å². The van der Waals surface area contributed by atoms with Crippen LogP contribution >= 0.6 is 78.9 Å². The van der Waals surface area contributed by atoms with Crippen molar-refractivity contribution in [3.8, 4) is 0 Å². The maximum Gasteiger partial charge on any atom is 0.252 e. The van der Waals surface area contributed by atoms with Crippen LogP contribution < -0.4 is 16.0 Å². The van der Waals surface area contributed by atoms with Crippen LogP contribution in [0.4, 0.5) is 5.69 Å². The second-order valence-electron chi connectivity index (χ2n) is 6.00. The number of halogens is 5. The van der Waals surface area contributed by atoms with Crippen molar-refractivity contribution in [2.24, 2.45) is 0 Å². The minimum Gasteiger partial charge on any atom is -0.339 e. The molecular formula is C18H16Br2Cl3N3OS. The van der Waals surface area contributed by atoms with E-state index in [-0.39, 0.29) is 5.11 Å². The summed E-state index contributed by atoms with van der Waals surface area (Å²) in [4.78, 5) is 12.5. The predicted octanol–water partition coefficient (Wildman–Crippen LogP) is 6.24. The molecule has 0 aliphatic rings. The van der Waals surface area contributed by atoms with E-state index in [4.69, 9.17) is 47.0 Å². The molecule has 10 heteroatoms. The number of anilines is 1. The zero-order valence-electron chi connectivity index (χ0n) is 14.7. The van der Waals surface area contributed by atoms with Gasteiger partial charge < -0.3 is 16.0 Å². The normalized spacial score (nSPS) is 12.2. The van der Waals surface area contributed by atoms with Gasteiger partial charge in [-0.2, -0.15) is 0 Å². The van der Waals surface area contributed by atoms with E-state index >= 15 is 0 Å². The molecule has 0 heterocycles. The van der Waals surface area contributed by atoms with Gasteiger partial charge in [-0.05, 0) is 71.8 Å². The lowest BCUT2D eigenvalue weighted by atomic mass is 10.1. The highest BCUT2D eigenvalue weighted by atomic mass is 79.9. The van der Waals surface area contributed by atoms with Crippen molar-refractivity contribution in [3.05, 3.63) is 62.0 Å². The Hall–Kier alpha value is -0.570. The van der Waals surface area contributed by atoms with Crippen LogP contribution in [0.25, 0.3) is 0 Å². The van der Waals surface area contributed by atoms with Gasteiger partial charge in [-0.3, -0.25) is 4.79 Å². The quantitative estimate of drug-likeness (QED) is 0.225. The Kier molecular flexibility index (Phi) is 8.43. The number of aryl methyl sites for hydroxylation is 2. The highest BCUT2D eigenvalue weighted by Crippen LogP contribution is 2.31. The molecule has 0 saturated heterocycles. The summed E-state index contributed by atoms with van der Waals surface area (Å²) in [6, 6.07) is 10.9. The van der Waals surface area contributed by atoms with Crippen molar-refractivity contribution >= 4 is 95.6 Å². The Morgan fingerprint density at radius 3 is 2.36 bits per heavy atom. The van der Waals surface area contributed by atoms with Gasteiger partial charge in [0.05, 0.1) is 5.69 Å². The van der Waals surface area contributed by atoms with Gasteiger partial charge in [0.15, 0.2) is 5.11 Å². The maximum absolute atomic E-state index is 12.5. The van der Waals surface area contributed by atoms with Crippen molar-refractivity contribution in [1.82, 2.24) is 10.6 Å². The molecule has 0 bridgehead atoms. The predicted molar refractivity (Wildman–Crippen MR) is 129 cm³/mol. The minimum absolute atomic E-state index is 0.184.